The maximum absolute atomic E-state index is 13.4. The Bertz CT molecular complexity index is 371. The van der Waals surface area contributed by atoms with Gasteiger partial charge in [-0.2, -0.15) is 0 Å². The van der Waals surface area contributed by atoms with Crippen molar-refractivity contribution in [1.82, 2.24) is 4.98 Å². The zero-order valence-corrected chi connectivity index (χ0v) is 7.51. The van der Waals surface area contributed by atoms with Crippen molar-refractivity contribution in [3.05, 3.63) is 33.7 Å². The lowest BCUT2D eigenvalue weighted by molar-refractivity contribution is 0.282. The second kappa shape index (κ2) is 2.98. The molecule has 13 heavy (non-hydrogen) atoms. The summed E-state index contributed by atoms with van der Waals surface area (Å²) in [6, 6.07) is 1.47. The molecule has 1 aromatic rings. The summed E-state index contributed by atoms with van der Waals surface area (Å²) in [4.78, 5) is 14.3. The number of pyridine rings is 1. The zero-order valence-electron chi connectivity index (χ0n) is 7.51. The van der Waals surface area contributed by atoms with Gasteiger partial charge in [0.25, 0.3) is 0 Å². The van der Waals surface area contributed by atoms with Gasteiger partial charge in [-0.15, -0.1) is 0 Å². The van der Waals surface area contributed by atoms with E-state index in [0.29, 0.717) is 17.7 Å². The smallest absolute Gasteiger partial charge is 0.185 e. The van der Waals surface area contributed by atoms with Crippen LogP contribution in [0.3, 0.4) is 0 Å². The molecule has 0 aliphatic heterocycles. The molecule has 0 saturated carbocycles. The molecule has 0 spiro atoms. The minimum Gasteiger partial charge on any atom is -0.362 e. The van der Waals surface area contributed by atoms with Gasteiger partial charge in [-0.05, 0) is 18.8 Å². The summed E-state index contributed by atoms with van der Waals surface area (Å²) in [5.41, 5.74) is 1.09. The lowest BCUT2D eigenvalue weighted by Gasteiger charge is -2.23. The molecule has 70 valence electrons. The van der Waals surface area contributed by atoms with Crippen LogP contribution < -0.4 is 5.43 Å². The van der Waals surface area contributed by atoms with Crippen molar-refractivity contribution in [3.8, 4) is 0 Å². The topological polar surface area (TPSA) is 32.9 Å². The molecule has 0 unspecified atom stereocenters. The van der Waals surface area contributed by atoms with Crippen LogP contribution in [0, 0.1) is 0 Å². The summed E-state index contributed by atoms with van der Waals surface area (Å²) >= 11 is 0. The van der Waals surface area contributed by atoms with E-state index in [1.807, 2.05) is 6.92 Å². The third-order valence-corrected chi connectivity index (χ3v) is 2.69. The third-order valence-electron chi connectivity index (χ3n) is 2.69. The number of aromatic nitrogens is 1. The number of hydrogen-bond acceptors (Lipinski definition) is 1. The van der Waals surface area contributed by atoms with E-state index >= 15 is 0 Å². The van der Waals surface area contributed by atoms with Gasteiger partial charge < -0.3 is 4.98 Å². The Morgan fingerprint density at radius 2 is 2.31 bits per heavy atom. The number of aromatic amines is 1. The molecule has 0 amide bonds. The monoisotopic (exact) mass is 181 g/mol. The fourth-order valence-corrected chi connectivity index (χ4v) is 1.96. The van der Waals surface area contributed by atoms with Crippen LogP contribution in [0.5, 0.6) is 0 Å². The van der Waals surface area contributed by atoms with Crippen LogP contribution in [-0.2, 0) is 0 Å². The van der Waals surface area contributed by atoms with Crippen molar-refractivity contribution in [2.45, 2.75) is 31.9 Å². The maximum Gasteiger partial charge on any atom is 0.185 e. The third kappa shape index (κ3) is 1.28. The van der Waals surface area contributed by atoms with Crippen LogP contribution in [-0.4, -0.2) is 4.98 Å². The summed E-state index contributed by atoms with van der Waals surface area (Å²) in [7, 11) is 0. The molecular weight excluding hydrogens is 169 g/mol. The summed E-state index contributed by atoms with van der Waals surface area (Å²) in [5.74, 6) is 0.187. The quantitative estimate of drug-likeness (QED) is 0.654. The molecule has 2 nitrogen and oxygen atoms in total. The number of hydrogen-bond donors (Lipinski definition) is 1. The van der Waals surface area contributed by atoms with Crippen molar-refractivity contribution in [2.24, 2.45) is 0 Å². The van der Waals surface area contributed by atoms with Crippen LogP contribution in [0.1, 0.15) is 43.1 Å². The van der Waals surface area contributed by atoms with Crippen LogP contribution in [0.4, 0.5) is 4.39 Å². The standard InChI is InChI=1S/C10H12FNO/c1-6-2-3-7(11)10-9(6)8(13)4-5-12-10/h4-7H,2-3H2,1H3,(H,12,13)/t6-,7-/m1/s1. The Labute approximate surface area is 75.8 Å². The van der Waals surface area contributed by atoms with Gasteiger partial charge in [-0.25, -0.2) is 4.39 Å². The largest absolute Gasteiger partial charge is 0.362 e. The summed E-state index contributed by atoms with van der Waals surface area (Å²) in [5, 5.41) is 0. The van der Waals surface area contributed by atoms with Gasteiger partial charge in [0.2, 0.25) is 0 Å². The molecule has 3 heteroatoms. The molecule has 2 rings (SSSR count). The van der Waals surface area contributed by atoms with Crippen LogP contribution in [0.2, 0.25) is 0 Å². The summed E-state index contributed by atoms with van der Waals surface area (Å²) in [6.45, 7) is 1.97. The van der Waals surface area contributed by atoms with Gasteiger partial charge in [0.1, 0.15) is 6.17 Å². The van der Waals surface area contributed by atoms with E-state index in [1.165, 1.54) is 12.3 Å². The number of fused-ring (bicyclic) bond motifs is 1. The van der Waals surface area contributed by atoms with E-state index in [1.54, 1.807) is 0 Å². The first-order chi connectivity index (χ1) is 6.20. The summed E-state index contributed by atoms with van der Waals surface area (Å²) < 4.78 is 13.4. The molecule has 0 radical (unpaired) electrons. The van der Waals surface area contributed by atoms with Crippen molar-refractivity contribution in [1.29, 1.82) is 0 Å². The van der Waals surface area contributed by atoms with Gasteiger partial charge in [-0.3, -0.25) is 4.79 Å². The minimum atomic E-state index is -0.986. The van der Waals surface area contributed by atoms with E-state index in [-0.39, 0.29) is 11.3 Å². The minimum absolute atomic E-state index is 0.0383. The number of H-pyrrole nitrogens is 1. The normalized spacial score (nSPS) is 26.9. The second-order valence-corrected chi connectivity index (χ2v) is 3.62. The predicted octanol–water partition coefficient (Wildman–Crippen LogP) is 2.28. The first kappa shape index (κ1) is 8.48. The molecule has 0 aromatic carbocycles. The Hall–Kier alpha value is -1.12. The highest BCUT2D eigenvalue weighted by Crippen LogP contribution is 2.35. The van der Waals surface area contributed by atoms with Gasteiger partial charge >= 0.3 is 0 Å². The Balaban J connectivity index is 2.63. The molecule has 0 bridgehead atoms. The first-order valence-electron chi connectivity index (χ1n) is 4.55. The molecule has 1 aliphatic rings. The highest BCUT2D eigenvalue weighted by Gasteiger charge is 2.26. The summed E-state index contributed by atoms with van der Waals surface area (Å²) in [6.07, 6.45) is 1.82. The first-order valence-corrected chi connectivity index (χ1v) is 4.55. The molecule has 0 fully saturated rings. The Morgan fingerprint density at radius 1 is 1.54 bits per heavy atom. The van der Waals surface area contributed by atoms with Crippen LogP contribution in [0.25, 0.3) is 0 Å². The van der Waals surface area contributed by atoms with Gasteiger partial charge in [-0.1, -0.05) is 6.92 Å². The average Bonchev–Trinajstić information content (AvgIpc) is 2.12. The van der Waals surface area contributed by atoms with E-state index in [2.05, 4.69) is 4.98 Å². The van der Waals surface area contributed by atoms with Crippen LogP contribution in [0.15, 0.2) is 17.1 Å². The lowest BCUT2D eigenvalue weighted by atomic mass is 9.86. The van der Waals surface area contributed by atoms with Crippen molar-refractivity contribution in [2.75, 3.05) is 0 Å². The maximum atomic E-state index is 13.4. The van der Waals surface area contributed by atoms with Gasteiger partial charge in [0.05, 0.1) is 5.69 Å². The molecule has 1 heterocycles. The number of halogens is 1. The highest BCUT2D eigenvalue weighted by atomic mass is 19.1. The molecular formula is C10H12FNO. The molecule has 1 N–H and O–H groups in total. The van der Waals surface area contributed by atoms with E-state index in [9.17, 15) is 9.18 Å². The molecule has 0 saturated heterocycles. The number of nitrogens with one attached hydrogen (secondary N) is 1. The van der Waals surface area contributed by atoms with E-state index < -0.39 is 6.17 Å². The Morgan fingerprint density at radius 3 is 3.00 bits per heavy atom. The zero-order chi connectivity index (χ0) is 9.42. The van der Waals surface area contributed by atoms with Gasteiger partial charge in [0.15, 0.2) is 5.43 Å². The second-order valence-electron chi connectivity index (χ2n) is 3.62. The SMILES string of the molecule is C[C@@H]1CC[C@@H](F)c2[nH]ccc(=O)c21. The van der Waals surface area contributed by atoms with Crippen molar-refractivity contribution >= 4 is 0 Å². The molecule has 1 aliphatic carbocycles. The number of rotatable bonds is 0. The Kier molecular flexibility index (Phi) is 1.94. The molecule has 1 aromatic heterocycles. The molecule has 2 atom stereocenters. The lowest BCUT2D eigenvalue weighted by Crippen LogP contribution is -2.21. The van der Waals surface area contributed by atoms with Gasteiger partial charge in [0, 0.05) is 17.8 Å². The van der Waals surface area contributed by atoms with E-state index in [4.69, 9.17) is 0 Å². The van der Waals surface area contributed by atoms with E-state index in [0.717, 1.165) is 6.42 Å². The van der Waals surface area contributed by atoms with Crippen LogP contribution >= 0.6 is 0 Å². The highest BCUT2D eigenvalue weighted by molar-refractivity contribution is 5.28. The fourth-order valence-electron chi connectivity index (χ4n) is 1.96. The van der Waals surface area contributed by atoms with Crippen molar-refractivity contribution < 1.29 is 4.39 Å². The van der Waals surface area contributed by atoms with Crippen molar-refractivity contribution in [3.63, 3.8) is 0 Å². The predicted molar refractivity (Wildman–Crippen MR) is 48.6 cm³/mol. The average molecular weight is 181 g/mol. The number of alkyl halides is 1. The fraction of sp³-hybridized carbons (Fsp3) is 0.500.